The fourth-order valence-corrected chi connectivity index (χ4v) is 4.30. The second-order valence-electron chi connectivity index (χ2n) is 7.31. The topological polar surface area (TPSA) is 33.0 Å². The standard InChI is InChI=1S/C19H27BrN4O/c20-17-1-2-19-21-18(15-24(19)13-17)14-23-7-4-16(5-8-23)3-6-22-9-11-25-12-10-22/h1-2,13,15-16H,3-12,14H2. The molecule has 0 aliphatic carbocycles. The smallest absolute Gasteiger partial charge is 0.137 e. The number of aromatic nitrogens is 2. The highest BCUT2D eigenvalue weighted by Crippen LogP contribution is 2.22. The van der Waals surface area contributed by atoms with Gasteiger partial charge in [0, 0.05) is 36.5 Å². The van der Waals surface area contributed by atoms with Gasteiger partial charge in [0.15, 0.2) is 0 Å². The number of likely N-dealkylation sites (tertiary alicyclic amines) is 1. The summed E-state index contributed by atoms with van der Waals surface area (Å²) >= 11 is 3.52. The number of halogens is 1. The van der Waals surface area contributed by atoms with E-state index in [0.29, 0.717) is 0 Å². The molecule has 2 saturated heterocycles. The summed E-state index contributed by atoms with van der Waals surface area (Å²) in [5.74, 6) is 0.885. The highest BCUT2D eigenvalue weighted by atomic mass is 79.9. The zero-order valence-electron chi connectivity index (χ0n) is 14.7. The van der Waals surface area contributed by atoms with Gasteiger partial charge in [0.1, 0.15) is 5.65 Å². The third-order valence-corrected chi connectivity index (χ3v) is 5.98. The van der Waals surface area contributed by atoms with Crippen molar-refractivity contribution in [1.29, 1.82) is 0 Å². The van der Waals surface area contributed by atoms with Crippen LogP contribution in [-0.4, -0.2) is 65.1 Å². The van der Waals surface area contributed by atoms with Crippen LogP contribution in [0, 0.1) is 5.92 Å². The van der Waals surface area contributed by atoms with Gasteiger partial charge >= 0.3 is 0 Å². The Hall–Kier alpha value is -0.950. The summed E-state index contributed by atoms with van der Waals surface area (Å²) in [5.41, 5.74) is 2.20. The molecular formula is C19H27BrN4O. The van der Waals surface area contributed by atoms with Gasteiger partial charge in [-0.1, -0.05) is 0 Å². The maximum absolute atomic E-state index is 5.43. The van der Waals surface area contributed by atoms with E-state index in [1.165, 1.54) is 44.6 Å². The fraction of sp³-hybridized carbons (Fsp3) is 0.632. The van der Waals surface area contributed by atoms with Gasteiger partial charge in [0.25, 0.3) is 0 Å². The van der Waals surface area contributed by atoms with Crippen LogP contribution in [0.4, 0.5) is 0 Å². The number of pyridine rings is 1. The average molecular weight is 407 g/mol. The Labute approximate surface area is 158 Å². The summed E-state index contributed by atoms with van der Waals surface area (Å²) in [6.45, 7) is 8.66. The lowest BCUT2D eigenvalue weighted by Gasteiger charge is -2.33. The Morgan fingerprint density at radius 1 is 1.04 bits per heavy atom. The quantitative estimate of drug-likeness (QED) is 0.763. The van der Waals surface area contributed by atoms with Crippen molar-refractivity contribution in [1.82, 2.24) is 19.2 Å². The SMILES string of the molecule is Brc1ccc2nc(CN3CCC(CCN4CCOCC4)CC3)cn2c1. The molecule has 0 saturated carbocycles. The molecule has 0 radical (unpaired) electrons. The molecule has 5 nitrogen and oxygen atoms in total. The molecule has 4 heterocycles. The van der Waals surface area contributed by atoms with Gasteiger partial charge in [-0.2, -0.15) is 0 Å². The lowest BCUT2D eigenvalue weighted by atomic mass is 9.93. The largest absolute Gasteiger partial charge is 0.379 e. The van der Waals surface area contributed by atoms with Crippen molar-refractivity contribution in [2.45, 2.75) is 25.8 Å². The molecule has 2 aliphatic rings. The van der Waals surface area contributed by atoms with Crippen molar-refractivity contribution in [2.24, 2.45) is 5.92 Å². The third kappa shape index (κ3) is 4.61. The predicted molar refractivity (Wildman–Crippen MR) is 103 cm³/mol. The number of ether oxygens (including phenoxy) is 1. The molecule has 2 aromatic rings. The Bertz CT molecular complexity index is 690. The zero-order chi connectivity index (χ0) is 17.1. The number of fused-ring (bicyclic) bond motifs is 1. The second kappa shape index (κ2) is 8.16. The number of nitrogens with zero attached hydrogens (tertiary/aromatic N) is 4. The molecule has 25 heavy (non-hydrogen) atoms. The highest BCUT2D eigenvalue weighted by molar-refractivity contribution is 9.10. The normalized spacial score (nSPS) is 21.2. The van der Waals surface area contributed by atoms with Crippen LogP contribution in [-0.2, 0) is 11.3 Å². The summed E-state index contributed by atoms with van der Waals surface area (Å²) in [7, 11) is 0. The van der Waals surface area contributed by atoms with Crippen molar-refractivity contribution in [3.05, 3.63) is 34.7 Å². The molecule has 0 atom stereocenters. The number of hydrogen-bond donors (Lipinski definition) is 0. The molecule has 6 heteroatoms. The van der Waals surface area contributed by atoms with E-state index in [2.05, 4.69) is 48.6 Å². The first-order valence-corrected chi connectivity index (χ1v) is 10.2. The first-order valence-electron chi connectivity index (χ1n) is 9.42. The molecular weight excluding hydrogens is 380 g/mol. The minimum absolute atomic E-state index is 0.885. The van der Waals surface area contributed by atoms with Crippen molar-refractivity contribution in [3.8, 4) is 0 Å². The summed E-state index contributed by atoms with van der Waals surface area (Å²) in [6.07, 6.45) is 8.22. The molecule has 4 rings (SSSR count). The van der Waals surface area contributed by atoms with Gasteiger partial charge < -0.3 is 9.14 Å². The van der Waals surface area contributed by atoms with Crippen molar-refractivity contribution in [2.75, 3.05) is 45.9 Å². The highest BCUT2D eigenvalue weighted by Gasteiger charge is 2.21. The van der Waals surface area contributed by atoms with E-state index in [-0.39, 0.29) is 0 Å². The number of morpholine rings is 1. The van der Waals surface area contributed by atoms with Crippen LogP contribution >= 0.6 is 15.9 Å². The molecule has 0 amide bonds. The van der Waals surface area contributed by atoms with Gasteiger partial charge in [-0.3, -0.25) is 9.80 Å². The molecule has 0 spiro atoms. The molecule has 0 aromatic carbocycles. The van der Waals surface area contributed by atoms with E-state index < -0.39 is 0 Å². The minimum atomic E-state index is 0.885. The summed E-state index contributed by atoms with van der Waals surface area (Å²) < 4.78 is 8.63. The van der Waals surface area contributed by atoms with E-state index in [1.807, 2.05) is 6.07 Å². The Morgan fingerprint density at radius 3 is 2.64 bits per heavy atom. The van der Waals surface area contributed by atoms with E-state index in [0.717, 1.165) is 48.9 Å². The van der Waals surface area contributed by atoms with E-state index >= 15 is 0 Å². The van der Waals surface area contributed by atoms with Crippen LogP contribution in [0.3, 0.4) is 0 Å². The maximum atomic E-state index is 5.43. The molecule has 136 valence electrons. The van der Waals surface area contributed by atoms with Crippen LogP contribution in [0.25, 0.3) is 5.65 Å². The number of piperidine rings is 1. The van der Waals surface area contributed by atoms with E-state index in [1.54, 1.807) is 0 Å². The summed E-state index contributed by atoms with van der Waals surface area (Å²) in [4.78, 5) is 9.86. The lowest BCUT2D eigenvalue weighted by molar-refractivity contribution is 0.0334. The van der Waals surface area contributed by atoms with Gasteiger partial charge in [0.2, 0.25) is 0 Å². The van der Waals surface area contributed by atoms with Gasteiger partial charge in [-0.05, 0) is 72.9 Å². The third-order valence-electron chi connectivity index (χ3n) is 5.51. The van der Waals surface area contributed by atoms with Crippen molar-refractivity contribution in [3.63, 3.8) is 0 Å². The minimum Gasteiger partial charge on any atom is -0.379 e. The fourth-order valence-electron chi connectivity index (χ4n) is 3.95. The Balaban J connectivity index is 1.24. The second-order valence-corrected chi connectivity index (χ2v) is 8.22. The summed E-state index contributed by atoms with van der Waals surface area (Å²) in [6, 6.07) is 4.11. The number of hydrogen-bond acceptors (Lipinski definition) is 4. The van der Waals surface area contributed by atoms with Crippen LogP contribution in [0.15, 0.2) is 29.0 Å². The number of imidazole rings is 1. The molecule has 0 N–H and O–H groups in total. The first-order chi connectivity index (χ1) is 12.3. The molecule has 2 aliphatic heterocycles. The molecule has 0 unspecified atom stereocenters. The molecule has 0 bridgehead atoms. The number of rotatable bonds is 5. The monoisotopic (exact) mass is 406 g/mol. The van der Waals surface area contributed by atoms with Gasteiger partial charge in [-0.25, -0.2) is 4.98 Å². The van der Waals surface area contributed by atoms with Crippen LogP contribution in [0.1, 0.15) is 25.0 Å². The van der Waals surface area contributed by atoms with Crippen molar-refractivity contribution >= 4 is 21.6 Å². The first kappa shape index (κ1) is 17.5. The Morgan fingerprint density at radius 2 is 1.84 bits per heavy atom. The Kier molecular flexibility index (Phi) is 5.70. The van der Waals surface area contributed by atoms with E-state index in [9.17, 15) is 0 Å². The molecule has 2 fully saturated rings. The van der Waals surface area contributed by atoms with Crippen LogP contribution in [0.2, 0.25) is 0 Å². The molecule has 2 aromatic heterocycles. The van der Waals surface area contributed by atoms with Crippen molar-refractivity contribution < 1.29 is 4.74 Å². The van der Waals surface area contributed by atoms with E-state index in [4.69, 9.17) is 9.72 Å². The van der Waals surface area contributed by atoms with Crippen LogP contribution in [0.5, 0.6) is 0 Å². The van der Waals surface area contributed by atoms with Gasteiger partial charge in [0.05, 0.1) is 18.9 Å². The lowest BCUT2D eigenvalue weighted by Crippen LogP contribution is -2.39. The predicted octanol–water partition coefficient (Wildman–Crippen LogP) is 3.03. The average Bonchev–Trinajstić information content (AvgIpc) is 3.03. The van der Waals surface area contributed by atoms with Gasteiger partial charge in [-0.15, -0.1) is 0 Å². The van der Waals surface area contributed by atoms with Crippen LogP contribution < -0.4 is 0 Å². The summed E-state index contributed by atoms with van der Waals surface area (Å²) in [5, 5.41) is 0. The zero-order valence-corrected chi connectivity index (χ0v) is 16.3. The maximum Gasteiger partial charge on any atom is 0.137 e.